The first-order valence-electron chi connectivity index (χ1n) is 5.60. The van der Waals surface area contributed by atoms with Gasteiger partial charge in [0.15, 0.2) is 0 Å². The number of carboxylic acids is 1. The summed E-state index contributed by atoms with van der Waals surface area (Å²) in [6.07, 6.45) is 0. The van der Waals surface area contributed by atoms with Gasteiger partial charge >= 0.3 is 5.97 Å². The summed E-state index contributed by atoms with van der Waals surface area (Å²) in [7, 11) is 1.62. The third-order valence-electron chi connectivity index (χ3n) is 2.86. The average Bonchev–Trinajstić information content (AvgIpc) is 2.38. The zero-order chi connectivity index (χ0) is 13.1. The predicted molar refractivity (Wildman–Crippen MR) is 70.1 cm³/mol. The van der Waals surface area contributed by atoms with E-state index in [-0.39, 0.29) is 0 Å². The second kappa shape index (κ2) is 4.92. The lowest BCUT2D eigenvalue weighted by Crippen LogP contribution is -1.99. The summed E-state index contributed by atoms with van der Waals surface area (Å²) < 4.78 is 5.17. The van der Waals surface area contributed by atoms with Crippen molar-refractivity contribution in [2.24, 2.45) is 0 Å². The normalized spacial score (nSPS) is 10.1. The summed E-state index contributed by atoms with van der Waals surface area (Å²) in [4.78, 5) is 11.0. The van der Waals surface area contributed by atoms with Gasteiger partial charge in [-0.25, -0.2) is 4.79 Å². The Morgan fingerprint density at radius 1 is 1.11 bits per heavy atom. The van der Waals surface area contributed by atoms with E-state index in [9.17, 15) is 4.79 Å². The first-order valence-corrected chi connectivity index (χ1v) is 5.60. The van der Waals surface area contributed by atoms with Crippen LogP contribution in [0.25, 0.3) is 11.1 Å². The van der Waals surface area contributed by atoms with Gasteiger partial charge in [0, 0.05) is 0 Å². The Morgan fingerprint density at radius 2 is 1.83 bits per heavy atom. The number of aryl methyl sites for hydroxylation is 1. The minimum atomic E-state index is -0.898. The Morgan fingerprint density at radius 3 is 2.44 bits per heavy atom. The molecule has 3 nitrogen and oxygen atoms in total. The van der Waals surface area contributed by atoms with Crippen molar-refractivity contribution in [1.29, 1.82) is 0 Å². The lowest BCUT2D eigenvalue weighted by Gasteiger charge is -2.07. The summed E-state index contributed by atoms with van der Waals surface area (Å²) in [5.41, 5.74) is 3.08. The Kier molecular flexibility index (Phi) is 3.33. The fourth-order valence-electron chi connectivity index (χ4n) is 1.89. The SMILES string of the molecule is COc1cccc(-c2ccc(C(=O)O)c(C)c2)c1. The van der Waals surface area contributed by atoms with E-state index in [1.54, 1.807) is 20.1 Å². The van der Waals surface area contributed by atoms with Gasteiger partial charge in [0.1, 0.15) is 5.75 Å². The van der Waals surface area contributed by atoms with Crippen molar-refractivity contribution < 1.29 is 14.6 Å². The van der Waals surface area contributed by atoms with Crippen LogP contribution in [0.1, 0.15) is 15.9 Å². The molecule has 0 fully saturated rings. The molecule has 2 aromatic carbocycles. The molecule has 92 valence electrons. The van der Waals surface area contributed by atoms with Gasteiger partial charge < -0.3 is 9.84 Å². The smallest absolute Gasteiger partial charge is 0.335 e. The van der Waals surface area contributed by atoms with Crippen LogP contribution in [0.4, 0.5) is 0 Å². The van der Waals surface area contributed by atoms with E-state index in [1.165, 1.54) is 0 Å². The molecule has 0 amide bonds. The number of ether oxygens (including phenoxy) is 1. The number of hydrogen-bond donors (Lipinski definition) is 1. The second-order valence-corrected chi connectivity index (χ2v) is 4.07. The number of rotatable bonds is 3. The lowest BCUT2D eigenvalue weighted by atomic mass is 10.00. The van der Waals surface area contributed by atoms with Gasteiger partial charge in [-0.1, -0.05) is 24.3 Å². The molecular formula is C15H14O3. The van der Waals surface area contributed by atoms with E-state index < -0.39 is 5.97 Å². The first kappa shape index (κ1) is 12.2. The predicted octanol–water partition coefficient (Wildman–Crippen LogP) is 3.37. The fraction of sp³-hybridized carbons (Fsp3) is 0.133. The summed E-state index contributed by atoms with van der Waals surface area (Å²) in [5, 5.41) is 8.99. The Bertz CT molecular complexity index is 588. The van der Waals surface area contributed by atoms with E-state index >= 15 is 0 Å². The number of carbonyl (C=O) groups is 1. The Balaban J connectivity index is 2.45. The van der Waals surface area contributed by atoms with E-state index in [1.807, 2.05) is 36.4 Å². The maximum Gasteiger partial charge on any atom is 0.335 e. The second-order valence-electron chi connectivity index (χ2n) is 4.07. The number of methoxy groups -OCH3 is 1. The minimum absolute atomic E-state index is 0.335. The molecule has 0 saturated carbocycles. The molecule has 0 bridgehead atoms. The summed E-state index contributed by atoms with van der Waals surface area (Å²) in [6.45, 7) is 1.80. The Hall–Kier alpha value is -2.29. The monoisotopic (exact) mass is 242 g/mol. The lowest BCUT2D eigenvalue weighted by molar-refractivity contribution is 0.0696. The van der Waals surface area contributed by atoms with Crippen LogP contribution in [-0.2, 0) is 0 Å². The minimum Gasteiger partial charge on any atom is -0.497 e. The summed E-state index contributed by atoms with van der Waals surface area (Å²) >= 11 is 0. The molecule has 0 unspecified atom stereocenters. The molecule has 0 spiro atoms. The maximum atomic E-state index is 11.0. The zero-order valence-corrected chi connectivity index (χ0v) is 10.3. The highest BCUT2D eigenvalue weighted by Gasteiger charge is 2.08. The molecule has 18 heavy (non-hydrogen) atoms. The van der Waals surface area contributed by atoms with Crippen LogP contribution in [-0.4, -0.2) is 18.2 Å². The van der Waals surface area contributed by atoms with Crippen LogP contribution < -0.4 is 4.74 Å². The van der Waals surface area contributed by atoms with E-state index in [0.717, 1.165) is 22.4 Å². The van der Waals surface area contributed by atoms with Gasteiger partial charge in [-0.2, -0.15) is 0 Å². The van der Waals surface area contributed by atoms with Crippen LogP contribution in [0.3, 0.4) is 0 Å². The van der Waals surface area contributed by atoms with Crippen molar-refractivity contribution in [2.45, 2.75) is 6.92 Å². The van der Waals surface area contributed by atoms with E-state index in [0.29, 0.717) is 5.56 Å². The number of carboxylic acid groups (broad SMARTS) is 1. The van der Waals surface area contributed by atoms with Gasteiger partial charge in [0.05, 0.1) is 12.7 Å². The fourth-order valence-corrected chi connectivity index (χ4v) is 1.89. The Labute approximate surface area is 106 Å². The van der Waals surface area contributed by atoms with E-state index in [4.69, 9.17) is 9.84 Å². The molecule has 0 heterocycles. The molecule has 3 heteroatoms. The standard InChI is InChI=1S/C15H14O3/c1-10-8-12(6-7-14(10)15(16)17)11-4-3-5-13(9-11)18-2/h3-9H,1-2H3,(H,16,17). The molecule has 1 N–H and O–H groups in total. The molecule has 0 aliphatic carbocycles. The van der Waals surface area contributed by atoms with Crippen molar-refractivity contribution in [1.82, 2.24) is 0 Å². The van der Waals surface area contributed by atoms with Gasteiger partial charge in [-0.3, -0.25) is 0 Å². The van der Waals surface area contributed by atoms with Crippen LogP contribution in [0.15, 0.2) is 42.5 Å². The molecule has 0 saturated heterocycles. The quantitative estimate of drug-likeness (QED) is 0.897. The first-order chi connectivity index (χ1) is 8.61. The van der Waals surface area contributed by atoms with Gasteiger partial charge in [0.25, 0.3) is 0 Å². The topological polar surface area (TPSA) is 46.5 Å². The van der Waals surface area contributed by atoms with Crippen LogP contribution in [0.2, 0.25) is 0 Å². The number of hydrogen-bond acceptors (Lipinski definition) is 2. The van der Waals surface area contributed by atoms with Crippen LogP contribution in [0, 0.1) is 6.92 Å². The third kappa shape index (κ3) is 2.35. The van der Waals surface area contributed by atoms with Gasteiger partial charge in [-0.05, 0) is 41.8 Å². The average molecular weight is 242 g/mol. The van der Waals surface area contributed by atoms with Crippen molar-refractivity contribution >= 4 is 5.97 Å². The molecule has 2 aromatic rings. The maximum absolute atomic E-state index is 11.0. The van der Waals surface area contributed by atoms with Gasteiger partial charge in [-0.15, -0.1) is 0 Å². The van der Waals surface area contributed by atoms with Crippen LogP contribution >= 0.6 is 0 Å². The zero-order valence-electron chi connectivity index (χ0n) is 10.3. The summed E-state index contributed by atoms with van der Waals surface area (Å²) in [6, 6.07) is 13.0. The summed E-state index contributed by atoms with van der Waals surface area (Å²) in [5.74, 6) is -0.114. The van der Waals surface area contributed by atoms with Gasteiger partial charge in [0.2, 0.25) is 0 Å². The highest BCUT2D eigenvalue weighted by molar-refractivity contribution is 5.90. The molecule has 0 atom stereocenters. The molecule has 0 aliphatic rings. The number of aromatic carboxylic acids is 1. The van der Waals surface area contributed by atoms with Crippen molar-refractivity contribution in [3.63, 3.8) is 0 Å². The molecule has 0 aromatic heterocycles. The third-order valence-corrected chi connectivity index (χ3v) is 2.86. The van der Waals surface area contributed by atoms with Crippen molar-refractivity contribution in [2.75, 3.05) is 7.11 Å². The molecular weight excluding hydrogens is 228 g/mol. The van der Waals surface area contributed by atoms with Crippen molar-refractivity contribution in [3.05, 3.63) is 53.6 Å². The van der Waals surface area contributed by atoms with Crippen LogP contribution in [0.5, 0.6) is 5.75 Å². The molecule has 0 radical (unpaired) electrons. The largest absolute Gasteiger partial charge is 0.497 e. The van der Waals surface area contributed by atoms with E-state index in [2.05, 4.69) is 0 Å². The molecule has 0 aliphatic heterocycles. The van der Waals surface area contributed by atoms with Crippen molar-refractivity contribution in [3.8, 4) is 16.9 Å². The molecule has 2 rings (SSSR count). The number of benzene rings is 2. The highest BCUT2D eigenvalue weighted by Crippen LogP contribution is 2.25. The highest BCUT2D eigenvalue weighted by atomic mass is 16.5.